The number of hydrogen-bond acceptors (Lipinski definition) is 4. The van der Waals surface area contributed by atoms with Gasteiger partial charge in [0.25, 0.3) is 0 Å². The lowest BCUT2D eigenvalue weighted by atomic mass is 10.2. The van der Waals surface area contributed by atoms with Gasteiger partial charge < -0.3 is 15.0 Å². The minimum atomic E-state index is 0.0390. The van der Waals surface area contributed by atoms with Crippen LogP contribution in [0.1, 0.15) is 19.4 Å². The number of nitrogens with one attached hydrogen (secondary N) is 1. The van der Waals surface area contributed by atoms with Crippen molar-refractivity contribution in [3.63, 3.8) is 0 Å². The zero-order valence-corrected chi connectivity index (χ0v) is 12.1. The second kappa shape index (κ2) is 8.94. The molecule has 1 aromatic rings. The van der Waals surface area contributed by atoms with Gasteiger partial charge in [-0.05, 0) is 31.5 Å². The Morgan fingerprint density at radius 1 is 1.40 bits per heavy atom. The zero-order valence-electron chi connectivity index (χ0n) is 12.1. The van der Waals surface area contributed by atoms with E-state index in [0.29, 0.717) is 18.8 Å². The maximum absolute atomic E-state index is 11.8. The van der Waals surface area contributed by atoms with Gasteiger partial charge in [0.15, 0.2) is 6.61 Å². The van der Waals surface area contributed by atoms with Crippen molar-refractivity contribution in [2.24, 2.45) is 0 Å². The molecule has 0 aromatic heterocycles. The highest BCUT2D eigenvalue weighted by atomic mass is 16.5. The number of nitrogens with zero attached hydrogens (tertiary/aromatic N) is 2. The number of hydrogen-bond donors (Lipinski definition) is 1. The van der Waals surface area contributed by atoms with E-state index < -0.39 is 0 Å². The predicted molar refractivity (Wildman–Crippen MR) is 77.2 cm³/mol. The van der Waals surface area contributed by atoms with Crippen molar-refractivity contribution in [3.8, 4) is 11.8 Å². The molecule has 0 heterocycles. The molecule has 0 aliphatic carbocycles. The third kappa shape index (κ3) is 5.29. The van der Waals surface area contributed by atoms with E-state index in [1.807, 2.05) is 44.2 Å². The molecule has 0 atom stereocenters. The van der Waals surface area contributed by atoms with Crippen molar-refractivity contribution >= 4 is 5.91 Å². The molecule has 20 heavy (non-hydrogen) atoms. The summed E-state index contributed by atoms with van der Waals surface area (Å²) < 4.78 is 5.23. The molecule has 0 saturated heterocycles. The minimum Gasteiger partial charge on any atom is -0.479 e. The van der Waals surface area contributed by atoms with Crippen LogP contribution in [0.4, 0.5) is 0 Å². The lowest BCUT2D eigenvalue weighted by molar-refractivity contribution is -0.129. The first-order valence-electron chi connectivity index (χ1n) is 6.78. The van der Waals surface area contributed by atoms with Crippen LogP contribution < -0.4 is 10.1 Å². The van der Waals surface area contributed by atoms with Gasteiger partial charge in [0.2, 0.25) is 5.91 Å². The molecular weight excluding hydrogens is 254 g/mol. The molecule has 1 rings (SSSR count). The van der Waals surface area contributed by atoms with Gasteiger partial charge in [-0.3, -0.25) is 4.79 Å². The number of carbonyl (C=O) groups is 1. The first-order chi connectivity index (χ1) is 9.71. The standard InChI is InChI=1S/C15H21N3O2/c1-3-18(4-2)15(19)12-17-11-13-6-5-7-14(10-13)20-9-8-16/h5-7,10,17H,3-4,9,11-12H2,1-2H3. The van der Waals surface area contributed by atoms with Crippen LogP contribution in [-0.2, 0) is 11.3 Å². The number of rotatable bonds is 8. The molecular formula is C15H21N3O2. The van der Waals surface area contributed by atoms with E-state index in [1.54, 1.807) is 4.90 Å². The molecule has 0 aliphatic heterocycles. The monoisotopic (exact) mass is 275 g/mol. The molecule has 0 unspecified atom stereocenters. The molecule has 5 nitrogen and oxygen atoms in total. The van der Waals surface area contributed by atoms with Gasteiger partial charge in [-0.25, -0.2) is 0 Å². The zero-order chi connectivity index (χ0) is 14.8. The smallest absolute Gasteiger partial charge is 0.236 e. The SMILES string of the molecule is CCN(CC)C(=O)CNCc1cccc(OCC#N)c1. The van der Waals surface area contributed by atoms with E-state index in [1.165, 1.54) is 0 Å². The Morgan fingerprint density at radius 2 is 2.15 bits per heavy atom. The molecule has 5 heteroatoms. The topological polar surface area (TPSA) is 65.4 Å². The molecule has 0 bridgehead atoms. The molecule has 108 valence electrons. The van der Waals surface area contributed by atoms with Crippen LogP contribution in [0.5, 0.6) is 5.75 Å². The number of carbonyl (C=O) groups excluding carboxylic acids is 1. The van der Waals surface area contributed by atoms with Crippen molar-refractivity contribution in [2.75, 3.05) is 26.2 Å². The first kappa shape index (κ1) is 16.0. The Labute approximate surface area is 120 Å². The predicted octanol–water partition coefficient (Wildman–Crippen LogP) is 1.55. The van der Waals surface area contributed by atoms with E-state index in [-0.39, 0.29) is 12.5 Å². The van der Waals surface area contributed by atoms with E-state index in [9.17, 15) is 4.79 Å². The van der Waals surface area contributed by atoms with Crippen LogP contribution >= 0.6 is 0 Å². The normalized spacial score (nSPS) is 9.85. The van der Waals surface area contributed by atoms with Crippen molar-refractivity contribution in [1.82, 2.24) is 10.2 Å². The molecule has 0 aliphatic rings. The highest BCUT2D eigenvalue weighted by Crippen LogP contribution is 2.12. The Balaban J connectivity index is 2.42. The van der Waals surface area contributed by atoms with E-state index in [2.05, 4.69) is 5.32 Å². The summed E-state index contributed by atoms with van der Waals surface area (Å²) >= 11 is 0. The molecule has 0 spiro atoms. The molecule has 1 aromatic carbocycles. The van der Waals surface area contributed by atoms with Gasteiger partial charge in [-0.1, -0.05) is 12.1 Å². The fraction of sp³-hybridized carbons (Fsp3) is 0.467. The van der Waals surface area contributed by atoms with Gasteiger partial charge >= 0.3 is 0 Å². The number of ether oxygens (including phenoxy) is 1. The Morgan fingerprint density at radius 3 is 2.80 bits per heavy atom. The van der Waals surface area contributed by atoms with Crippen LogP contribution in [0.15, 0.2) is 24.3 Å². The summed E-state index contributed by atoms with van der Waals surface area (Å²) in [4.78, 5) is 13.6. The van der Waals surface area contributed by atoms with Crippen molar-refractivity contribution in [3.05, 3.63) is 29.8 Å². The van der Waals surface area contributed by atoms with Crippen LogP contribution in [0.2, 0.25) is 0 Å². The molecule has 0 fully saturated rings. The minimum absolute atomic E-state index is 0.0390. The Hall–Kier alpha value is -2.06. The van der Waals surface area contributed by atoms with Crippen LogP contribution in [0.3, 0.4) is 0 Å². The Bertz CT molecular complexity index is 464. The van der Waals surface area contributed by atoms with E-state index >= 15 is 0 Å². The van der Waals surface area contributed by atoms with Crippen molar-refractivity contribution in [2.45, 2.75) is 20.4 Å². The number of benzene rings is 1. The largest absolute Gasteiger partial charge is 0.479 e. The van der Waals surface area contributed by atoms with Gasteiger partial charge in [-0.15, -0.1) is 0 Å². The average Bonchev–Trinajstić information content (AvgIpc) is 2.47. The number of nitriles is 1. The van der Waals surface area contributed by atoms with Gasteiger partial charge in [0.1, 0.15) is 11.8 Å². The lowest BCUT2D eigenvalue weighted by Crippen LogP contribution is -2.37. The summed E-state index contributed by atoms with van der Waals surface area (Å²) in [5, 5.41) is 11.6. The van der Waals surface area contributed by atoms with Crippen LogP contribution in [-0.4, -0.2) is 37.0 Å². The summed E-state index contributed by atoms with van der Waals surface area (Å²) in [6.45, 7) is 6.36. The number of likely N-dealkylation sites (N-methyl/N-ethyl adjacent to an activating group) is 1. The first-order valence-corrected chi connectivity index (χ1v) is 6.78. The summed E-state index contributed by atoms with van der Waals surface area (Å²) in [7, 11) is 0. The van der Waals surface area contributed by atoms with Crippen LogP contribution in [0, 0.1) is 11.3 Å². The fourth-order valence-corrected chi connectivity index (χ4v) is 1.86. The van der Waals surface area contributed by atoms with Crippen molar-refractivity contribution in [1.29, 1.82) is 5.26 Å². The number of amides is 1. The Kier molecular flexibility index (Phi) is 7.15. The lowest BCUT2D eigenvalue weighted by Gasteiger charge is -2.18. The molecule has 1 amide bonds. The highest BCUT2D eigenvalue weighted by molar-refractivity contribution is 5.78. The third-order valence-electron chi connectivity index (χ3n) is 2.92. The summed E-state index contributed by atoms with van der Waals surface area (Å²) in [6, 6.07) is 9.43. The molecule has 0 radical (unpaired) electrons. The summed E-state index contributed by atoms with van der Waals surface area (Å²) in [5.41, 5.74) is 1.02. The second-order valence-corrected chi connectivity index (χ2v) is 4.26. The fourth-order valence-electron chi connectivity index (χ4n) is 1.86. The van der Waals surface area contributed by atoms with Crippen LogP contribution in [0.25, 0.3) is 0 Å². The van der Waals surface area contributed by atoms with Crippen molar-refractivity contribution < 1.29 is 9.53 Å². The molecule has 0 saturated carbocycles. The van der Waals surface area contributed by atoms with E-state index in [0.717, 1.165) is 18.7 Å². The third-order valence-corrected chi connectivity index (χ3v) is 2.92. The second-order valence-electron chi connectivity index (χ2n) is 4.26. The quantitative estimate of drug-likeness (QED) is 0.781. The average molecular weight is 275 g/mol. The maximum Gasteiger partial charge on any atom is 0.236 e. The summed E-state index contributed by atoms with van der Waals surface area (Å²) in [5.74, 6) is 0.771. The molecule has 1 N–H and O–H groups in total. The van der Waals surface area contributed by atoms with E-state index in [4.69, 9.17) is 10.00 Å². The van der Waals surface area contributed by atoms with Gasteiger partial charge in [0.05, 0.1) is 6.54 Å². The summed E-state index contributed by atoms with van der Waals surface area (Å²) in [6.07, 6.45) is 0. The van der Waals surface area contributed by atoms with Gasteiger partial charge in [-0.2, -0.15) is 5.26 Å². The highest BCUT2D eigenvalue weighted by Gasteiger charge is 2.08. The maximum atomic E-state index is 11.8. The van der Waals surface area contributed by atoms with Gasteiger partial charge in [0, 0.05) is 19.6 Å².